The molecule has 0 spiro atoms. The zero-order chi connectivity index (χ0) is 7.84. The third-order valence-corrected chi connectivity index (χ3v) is 2.53. The summed E-state index contributed by atoms with van der Waals surface area (Å²) in [5.41, 5.74) is 4.33. The lowest BCUT2D eigenvalue weighted by Gasteiger charge is -1.92. The Labute approximate surface area is 67.2 Å². The van der Waals surface area contributed by atoms with Crippen LogP contribution in [0.4, 0.5) is 0 Å². The van der Waals surface area contributed by atoms with Crippen LogP contribution >= 0.6 is 0 Å². The van der Waals surface area contributed by atoms with E-state index in [4.69, 9.17) is 0 Å². The molecule has 0 aliphatic heterocycles. The summed E-state index contributed by atoms with van der Waals surface area (Å²) >= 11 is 0. The highest BCUT2D eigenvalue weighted by Crippen LogP contribution is 2.24. The Morgan fingerprint density at radius 3 is 3.00 bits per heavy atom. The SMILES string of the molecule is CCc1nn(C)c2c1CCC2. The molecule has 0 N–H and O–H groups in total. The van der Waals surface area contributed by atoms with Gasteiger partial charge >= 0.3 is 0 Å². The number of nitrogens with zero attached hydrogens (tertiary/aromatic N) is 2. The first kappa shape index (κ1) is 6.89. The van der Waals surface area contributed by atoms with Crippen molar-refractivity contribution in [3.8, 4) is 0 Å². The normalized spacial score (nSPS) is 15.5. The van der Waals surface area contributed by atoms with Gasteiger partial charge < -0.3 is 0 Å². The van der Waals surface area contributed by atoms with Crippen molar-refractivity contribution >= 4 is 0 Å². The minimum absolute atomic E-state index is 1.09. The van der Waals surface area contributed by atoms with Gasteiger partial charge in [-0.3, -0.25) is 4.68 Å². The lowest BCUT2D eigenvalue weighted by Crippen LogP contribution is -1.96. The second-order valence-corrected chi connectivity index (χ2v) is 3.20. The molecule has 0 saturated heterocycles. The van der Waals surface area contributed by atoms with Gasteiger partial charge in [0.2, 0.25) is 0 Å². The van der Waals surface area contributed by atoms with Crippen LogP contribution in [-0.2, 0) is 26.3 Å². The van der Waals surface area contributed by atoms with Crippen molar-refractivity contribution in [1.82, 2.24) is 9.78 Å². The van der Waals surface area contributed by atoms with Crippen LogP contribution in [0.25, 0.3) is 0 Å². The smallest absolute Gasteiger partial charge is 0.0656 e. The van der Waals surface area contributed by atoms with E-state index in [2.05, 4.69) is 23.8 Å². The van der Waals surface area contributed by atoms with Gasteiger partial charge in [-0.25, -0.2) is 0 Å². The second kappa shape index (κ2) is 2.36. The average molecular weight is 150 g/mol. The van der Waals surface area contributed by atoms with Crippen LogP contribution in [0.2, 0.25) is 0 Å². The van der Waals surface area contributed by atoms with Crippen molar-refractivity contribution in [3.05, 3.63) is 17.0 Å². The first-order chi connectivity index (χ1) is 5.33. The van der Waals surface area contributed by atoms with Crippen LogP contribution in [0.5, 0.6) is 0 Å². The van der Waals surface area contributed by atoms with Crippen molar-refractivity contribution < 1.29 is 0 Å². The maximum absolute atomic E-state index is 4.47. The molecule has 0 saturated carbocycles. The summed E-state index contributed by atoms with van der Waals surface area (Å²) in [6.45, 7) is 2.18. The molecule has 1 heterocycles. The molecule has 0 unspecified atom stereocenters. The number of hydrogen-bond acceptors (Lipinski definition) is 1. The maximum atomic E-state index is 4.47. The third kappa shape index (κ3) is 0.889. The predicted molar refractivity (Wildman–Crippen MR) is 44.6 cm³/mol. The predicted octanol–water partition coefficient (Wildman–Crippen LogP) is 1.47. The van der Waals surface area contributed by atoms with E-state index in [0.717, 1.165) is 6.42 Å². The summed E-state index contributed by atoms with van der Waals surface area (Å²) in [4.78, 5) is 0. The fourth-order valence-electron chi connectivity index (χ4n) is 1.98. The van der Waals surface area contributed by atoms with E-state index in [1.165, 1.54) is 36.2 Å². The Balaban J connectivity index is 2.52. The number of aromatic nitrogens is 2. The molecule has 2 heteroatoms. The molecule has 0 bridgehead atoms. The van der Waals surface area contributed by atoms with Gasteiger partial charge in [0.05, 0.1) is 5.69 Å². The van der Waals surface area contributed by atoms with E-state index < -0.39 is 0 Å². The number of aryl methyl sites for hydroxylation is 2. The topological polar surface area (TPSA) is 17.8 Å². The van der Waals surface area contributed by atoms with Crippen LogP contribution in [0.3, 0.4) is 0 Å². The molecule has 0 amide bonds. The van der Waals surface area contributed by atoms with Crippen LogP contribution in [-0.4, -0.2) is 9.78 Å². The zero-order valence-corrected chi connectivity index (χ0v) is 7.22. The molecule has 1 aliphatic carbocycles. The van der Waals surface area contributed by atoms with Crippen molar-refractivity contribution in [3.63, 3.8) is 0 Å². The molecule has 0 aromatic carbocycles. The van der Waals surface area contributed by atoms with Gasteiger partial charge in [-0.15, -0.1) is 0 Å². The summed E-state index contributed by atoms with van der Waals surface area (Å²) in [6.07, 6.45) is 4.91. The highest BCUT2D eigenvalue weighted by molar-refractivity contribution is 5.30. The lowest BCUT2D eigenvalue weighted by molar-refractivity contribution is 0.690. The monoisotopic (exact) mass is 150 g/mol. The van der Waals surface area contributed by atoms with Gasteiger partial charge in [-0.1, -0.05) is 6.92 Å². The second-order valence-electron chi connectivity index (χ2n) is 3.20. The van der Waals surface area contributed by atoms with Crippen molar-refractivity contribution in [2.45, 2.75) is 32.6 Å². The van der Waals surface area contributed by atoms with Gasteiger partial charge in [-0.2, -0.15) is 5.10 Å². The fraction of sp³-hybridized carbons (Fsp3) is 0.667. The lowest BCUT2D eigenvalue weighted by atomic mass is 10.2. The highest BCUT2D eigenvalue weighted by Gasteiger charge is 2.18. The van der Waals surface area contributed by atoms with Crippen LogP contribution in [0.1, 0.15) is 30.3 Å². The minimum atomic E-state index is 1.09. The molecule has 1 aliphatic rings. The molecule has 1 aromatic rings. The molecule has 0 atom stereocenters. The van der Waals surface area contributed by atoms with Crippen LogP contribution < -0.4 is 0 Å². The van der Waals surface area contributed by atoms with Gasteiger partial charge in [-0.05, 0) is 31.2 Å². The quantitative estimate of drug-likeness (QED) is 0.592. The summed E-state index contributed by atoms with van der Waals surface area (Å²) < 4.78 is 2.06. The van der Waals surface area contributed by atoms with Gasteiger partial charge in [0, 0.05) is 12.7 Å². The molecule has 2 nitrogen and oxygen atoms in total. The Morgan fingerprint density at radius 1 is 1.45 bits per heavy atom. The molecular weight excluding hydrogens is 136 g/mol. The molecule has 1 aromatic heterocycles. The van der Waals surface area contributed by atoms with Crippen LogP contribution in [0.15, 0.2) is 0 Å². The first-order valence-electron chi connectivity index (χ1n) is 4.36. The third-order valence-electron chi connectivity index (χ3n) is 2.53. The zero-order valence-electron chi connectivity index (χ0n) is 7.22. The van der Waals surface area contributed by atoms with E-state index in [0.29, 0.717) is 0 Å². The van der Waals surface area contributed by atoms with E-state index in [1.807, 2.05) is 0 Å². The molecule has 11 heavy (non-hydrogen) atoms. The largest absolute Gasteiger partial charge is 0.272 e. The molecule has 0 fully saturated rings. The van der Waals surface area contributed by atoms with Crippen molar-refractivity contribution in [1.29, 1.82) is 0 Å². The Hall–Kier alpha value is -0.790. The summed E-state index contributed by atoms with van der Waals surface area (Å²) in [7, 11) is 2.06. The maximum Gasteiger partial charge on any atom is 0.0656 e. The minimum Gasteiger partial charge on any atom is -0.272 e. The standard InChI is InChI=1S/C9H14N2/c1-3-8-7-5-4-6-9(7)11(2)10-8/h3-6H2,1-2H3. The first-order valence-corrected chi connectivity index (χ1v) is 4.36. The molecular formula is C9H14N2. The van der Waals surface area contributed by atoms with Crippen LogP contribution in [0, 0.1) is 0 Å². The Morgan fingerprint density at radius 2 is 2.27 bits per heavy atom. The number of fused-ring (bicyclic) bond motifs is 1. The van der Waals surface area contributed by atoms with E-state index in [1.54, 1.807) is 0 Å². The van der Waals surface area contributed by atoms with Crippen molar-refractivity contribution in [2.24, 2.45) is 7.05 Å². The number of rotatable bonds is 1. The Bertz CT molecular complexity index is 273. The molecule has 60 valence electrons. The number of hydrogen-bond donors (Lipinski definition) is 0. The van der Waals surface area contributed by atoms with E-state index in [9.17, 15) is 0 Å². The van der Waals surface area contributed by atoms with E-state index in [-0.39, 0.29) is 0 Å². The van der Waals surface area contributed by atoms with E-state index >= 15 is 0 Å². The highest BCUT2D eigenvalue weighted by atomic mass is 15.3. The summed E-state index contributed by atoms with van der Waals surface area (Å²) in [5.74, 6) is 0. The Kier molecular flexibility index (Phi) is 1.48. The average Bonchev–Trinajstić information content (AvgIpc) is 2.54. The van der Waals surface area contributed by atoms with Gasteiger partial charge in [0.15, 0.2) is 0 Å². The summed E-state index contributed by atoms with van der Waals surface area (Å²) in [6, 6.07) is 0. The van der Waals surface area contributed by atoms with Gasteiger partial charge in [0.1, 0.15) is 0 Å². The van der Waals surface area contributed by atoms with Gasteiger partial charge in [0.25, 0.3) is 0 Å². The molecule has 2 rings (SSSR count). The molecule has 0 radical (unpaired) electrons. The fourth-order valence-corrected chi connectivity index (χ4v) is 1.98. The van der Waals surface area contributed by atoms with Crippen molar-refractivity contribution in [2.75, 3.05) is 0 Å². The summed E-state index contributed by atoms with van der Waals surface area (Å²) in [5, 5.41) is 4.47.